The van der Waals surface area contributed by atoms with Crippen LogP contribution in [0, 0.1) is 0 Å². The number of fused-ring (bicyclic) bond motifs is 1. The molecule has 0 aliphatic carbocycles. The van der Waals surface area contributed by atoms with E-state index in [1.54, 1.807) is 11.7 Å². The molecule has 3 rings (SSSR count). The number of aromatic nitrogens is 3. The van der Waals surface area contributed by atoms with Gasteiger partial charge in [0.2, 0.25) is 0 Å². The maximum Gasteiger partial charge on any atom is 0.191 e. The third-order valence-corrected chi connectivity index (χ3v) is 4.46. The van der Waals surface area contributed by atoms with Crippen LogP contribution in [0.4, 0.5) is 0 Å². The fourth-order valence-electron chi connectivity index (χ4n) is 2.73. The molecular weight excluding hydrogens is 459 g/mol. The fourth-order valence-corrected chi connectivity index (χ4v) is 2.73. The average Bonchev–Trinajstić information content (AvgIpc) is 3.06. The van der Waals surface area contributed by atoms with Crippen LogP contribution in [0.2, 0.25) is 0 Å². The summed E-state index contributed by atoms with van der Waals surface area (Å²) in [7, 11) is 3.62. The standard InChI is InChI=1S/C18H26N6O2.HI/c1-18(2,13-5-6-14-15(9-13)26-8-7-25-14)11-21-17(19-3)20-10-16-22-12-23-24(16)4;/h5-6,9,12H,7-8,10-11H2,1-4H3,(H2,19,20,21);1H. The van der Waals surface area contributed by atoms with Gasteiger partial charge in [-0.3, -0.25) is 9.67 Å². The Morgan fingerprint density at radius 1 is 1.22 bits per heavy atom. The molecule has 0 amide bonds. The van der Waals surface area contributed by atoms with Crippen LogP contribution in [-0.2, 0) is 19.0 Å². The van der Waals surface area contributed by atoms with Crippen molar-refractivity contribution in [2.75, 3.05) is 26.8 Å². The largest absolute Gasteiger partial charge is 0.486 e. The quantitative estimate of drug-likeness (QED) is 0.381. The Balaban J connectivity index is 0.00000261. The van der Waals surface area contributed by atoms with Gasteiger partial charge >= 0.3 is 0 Å². The summed E-state index contributed by atoms with van der Waals surface area (Å²) in [5, 5.41) is 10.7. The Hall–Kier alpha value is -2.04. The summed E-state index contributed by atoms with van der Waals surface area (Å²) in [6.45, 7) is 6.83. The second-order valence-electron chi connectivity index (χ2n) is 6.82. The fraction of sp³-hybridized carbons (Fsp3) is 0.500. The summed E-state index contributed by atoms with van der Waals surface area (Å²) in [6.07, 6.45) is 1.54. The van der Waals surface area contributed by atoms with E-state index in [0.29, 0.717) is 26.3 Å². The van der Waals surface area contributed by atoms with Crippen molar-refractivity contribution < 1.29 is 9.47 Å². The Bertz CT molecular complexity index is 790. The zero-order valence-corrected chi connectivity index (χ0v) is 18.5. The molecule has 2 N–H and O–H groups in total. The molecule has 0 bridgehead atoms. The van der Waals surface area contributed by atoms with Crippen LogP contribution in [-0.4, -0.2) is 47.5 Å². The summed E-state index contributed by atoms with van der Waals surface area (Å²) in [5.41, 5.74) is 1.07. The number of nitrogens with one attached hydrogen (secondary N) is 2. The number of halogens is 1. The first kappa shape index (κ1) is 21.3. The molecule has 2 aromatic rings. The number of hydrogen-bond donors (Lipinski definition) is 2. The van der Waals surface area contributed by atoms with Crippen molar-refractivity contribution in [3.63, 3.8) is 0 Å². The van der Waals surface area contributed by atoms with Crippen molar-refractivity contribution in [1.82, 2.24) is 25.4 Å². The third-order valence-electron chi connectivity index (χ3n) is 4.46. The second-order valence-corrected chi connectivity index (χ2v) is 6.82. The molecular formula is C18H27IN6O2. The van der Waals surface area contributed by atoms with E-state index in [9.17, 15) is 0 Å². The third kappa shape index (κ3) is 5.24. The van der Waals surface area contributed by atoms with Crippen LogP contribution in [0.5, 0.6) is 11.5 Å². The Labute approximate surface area is 176 Å². The number of aliphatic imine (C=N–C) groups is 1. The van der Waals surface area contributed by atoms with E-state index >= 15 is 0 Å². The number of nitrogens with zero attached hydrogens (tertiary/aromatic N) is 4. The zero-order chi connectivity index (χ0) is 18.6. The van der Waals surface area contributed by atoms with E-state index in [4.69, 9.17) is 9.47 Å². The highest BCUT2D eigenvalue weighted by molar-refractivity contribution is 14.0. The van der Waals surface area contributed by atoms with Gasteiger partial charge in [0.1, 0.15) is 25.4 Å². The first-order valence-corrected chi connectivity index (χ1v) is 8.67. The predicted octanol–water partition coefficient (Wildman–Crippen LogP) is 1.85. The molecule has 0 saturated heterocycles. The van der Waals surface area contributed by atoms with Crippen molar-refractivity contribution >= 4 is 29.9 Å². The number of rotatable bonds is 5. The molecule has 1 aromatic carbocycles. The molecule has 1 aliphatic rings. The summed E-state index contributed by atoms with van der Waals surface area (Å²) >= 11 is 0. The van der Waals surface area contributed by atoms with Crippen LogP contribution in [0.25, 0.3) is 0 Å². The lowest BCUT2D eigenvalue weighted by molar-refractivity contribution is 0.171. The Morgan fingerprint density at radius 2 is 1.96 bits per heavy atom. The van der Waals surface area contributed by atoms with E-state index in [1.807, 2.05) is 13.1 Å². The zero-order valence-electron chi connectivity index (χ0n) is 16.2. The predicted molar refractivity (Wildman–Crippen MR) is 115 cm³/mol. The molecule has 0 fully saturated rings. The van der Waals surface area contributed by atoms with E-state index in [2.05, 4.69) is 51.7 Å². The number of aryl methyl sites for hydroxylation is 1. The molecule has 1 aliphatic heterocycles. The number of ether oxygens (including phenoxy) is 2. The maximum atomic E-state index is 5.70. The molecule has 2 heterocycles. The van der Waals surface area contributed by atoms with Crippen LogP contribution in [0.15, 0.2) is 29.5 Å². The molecule has 9 heteroatoms. The van der Waals surface area contributed by atoms with Crippen LogP contribution >= 0.6 is 24.0 Å². The number of benzene rings is 1. The van der Waals surface area contributed by atoms with Gasteiger partial charge in [-0.1, -0.05) is 19.9 Å². The molecule has 0 saturated carbocycles. The van der Waals surface area contributed by atoms with E-state index in [-0.39, 0.29) is 29.4 Å². The summed E-state index contributed by atoms with van der Waals surface area (Å²) in [6, 6.07) is 6.13. The topological polar surface area (TPSA) is 85.6 Å². The Morgan fingerprint density at radius 3 is 2.63 bits per heavy atom. The first-order chi connectivity index (χ1) is 12.5. The molecule has 0 radical (unpaired) electrons. The molecule has 0 atom stereocenters. The van der Waals surface area contributed by atoms with Crippen molar-refractivity contribution in [2.45, 2.75) is 25.8 Å². The van der Waals surface area contributed by atoms with Gasteiger partial charge in [-0.2, -0.15) is 5.10 Å². The lowest BCUT2D eigenvalue weighted by atomic mass is 9.84. The van der Waals surface area contributed by atoms with Gasteiger partial charge in [-0.05, 0) is 17.7 Å². The first-order valence-electron chi connectivity index (χ1n) is 8.67. The van der Waals surface area contributed by atoms with Crippen LogP contribution in [0.3, 0.4) is 0 Å². The van der Waals surface area contributed by atoms with Gasteiger partial charge in [-0.15, -0.1) is 24.0 Å². The van der Waals surface area contributed by atoms with E-state index in [1.165, 1.54) is 11.9 Å². The van der Waals surface area contributed by atoms with Gasteiger partial charge in [0, 0.05) is 26.1 Å². The summed E-state index contributed by atoms with van der Waals surface area (Å²) < 4.78 is 13.0. The lowest BCUT2D eigenvalue weighted by Crippen LogP contribution is -2.43. The van der Waals surface area contributed by atoms with Crippen LogP contribution < -0.4 is 20.1 Å². The van der Waals surface area contributed by atoms with Crippen molar-refractivity contribution in [1.29, 1.82) is 0 Å². The Kier molecular flexibility index (Phi) is 7.28. The van der Waals surface area contributed by atoms with Gasteiger partial charge in [-0.25, -0.2) is 4.98 Å². The van der Waals surface area contributed by atoms with Gasteiger partial charge in [0.15, 0.2) is 17.5 Å². The maximum absolute atomic E-state index is 5.70. The molecule has 8 nitrogen and oxygen atoms in total. The highest BCUT2D eigenvalue weighted by Gasteiger charge is 2.24. The summed E-state index contributed by atoms with van der Waals surface area (Å²) in [4.78, 5) is 8.48. The van der Waals surface area contributed by atoms with Gasteiger partial charge in [0.25, 0.3) is 0 Å². The SMILES string of the molecule is CN=C(NCc1ncnn1C)NCC(C)(C)c1ccc2c(c1)OCCO2.I. The van der Waals surface area contributed by atoms with Crippen molar-refractivity contribution in [2.24, 2.45) is 12.0 Å². The molecule has 27 heavy (non-hydrogen) atoms. The second kappa shape index (κ2) is 9.25. The molecule has 148 valence electrons. The minimum atomic E-state index is -0.113. The lowest BCUT2D eigenvalue weighted by Gasteiger charge is -2.28. The molecule has 0 spiro atoms. The van der Waals surface area contributed by atoms with Gasteiger partial charge in [0.05, 0.1) is 6.54 Å². The van der Waals surface area contributed by atoms with E-state index in [0.717, 1.165) is 23.3 Å². The molecule has 1 aromatic heterocycles. The van der Waals surface area contributed by atoms with Gasteiger partial charge < -0.3 is 20.1 Å². The highest BCUT2D eigenvalue weighted by Crippen LogP contribution is 2.34. The summed E-state index contributed by atoms with van der Waals surface area (Å²) in [5.74, 6) is 3.19. The average molecular weight is 486 g/mol. The van der Waals surface area contributed by atoms with Crippen LogP contribution in [0.1, 0.15) is 25.2 Å². The monoisotopic (exact) mass is 486 g/mol. The van der Waals surface area contributed by atoms with Crippen molar-refractivity contribution in [3.05, 3.63) is 35.9 Å². The number of guanidine groups is 1. The minimum absolute atomic E-state index is 0. The normalized spacial score (nSPS) is 13.7. The van der Waals surface area contributed by atoms with Crippen molar-refractivity contribution in [3.8, 4) is 11.5 Å². The highest BCUT2D eigenvalue weighted by atomic mass is 127. The molecule has 0 unspecified atom stereocenters. The number of hydrogen-bond acceptors (Lipinski definition) is 5. The van der Waals surface area contributed by atoms with E-state index < -0.39 is 0 Å². The smallest absolute Gasteiger partial charge is 0.191 e. The minimum Gasteiger partial charge on any atom is -0.486 e.